The number of hydrogen-bond acceptors (Lipinski definition) is 0. The third-order valence-electron chi connectivity index (χ3n) is 4.24. The Balaban J connectivity index is 1.89. The smallest absolute Gasteiger partial charge is 0.145 e. The minimum atomic E-state index is -2.12. The molecule has 0 aromatic carbocycles. The Morgan fingerprint density at radius 2 is 1.21 bits per heavy atom. The molecule has 19 heavy (non-hydrogen) atoms. The van der Waals surface area contributed by atoms with Crippen LogP contribution in [-0.4, -0.2) is 6.69 Å². The van der Waals surface area contributed by atoms with Gasteiger partial charge in [-0.15, -0.1) is 22.2 Å². The van der Waals surface area contributed by atoms with Gasteiger partial charge >= 0.3 is 0 Å². The van der Waals surface area contributed by atoms with Crippen molar-refractivity contribution in [2.75, 3.05) is 0 Å². The molecule has 0 saturated heterocycles. The maximum Gasteiger partial charge on any atom is 0.259 e. The van der Waals surface area contributed by atoms with E-state index >= 15 is 0 Å². The maximum absolute atomic E-state index is 6.73. The highest BCUT2D eigenvalue weighted by atomic mass is 35.7. The lowest BCUT2D eigenvalue weighted by atomic mass is 10.1. The van der Waals surface area contributed by atoms with Crippen LogP contribution in [0.4, 0.5) is 0 Å². The zero-order valence-electron chi connectivity index (χ0n) is 11.9. The van der Waals surface area contributed by atoms with E-state index in [0.29, 0.717) is 0 Å². The minimum Gasteiger partial charge on any atom is -0.145 e. The summed E-state index contributed by atoms with van der Waals surface area (Å²) in [5.41, 5.74) is 3.09. The van der Waals surface area contributed by atoms with E-state index in [2.05, 4.69) is 12.2 Å². The quantitative estimate of drug-likeness (QED) is 0.308. The SMILES string of the molecule is Cl[Si](Cl)(CC1=CCCCCC1)CC1=CCCCCC1. The van der Waals surface area contributed by atoms with Gasteiger partial charge in [0.15, 0.2) is 0 Å². The van der Waals surface area contributed by atoms with Gasteiger partial charge in [0.2, 0.25) is 0 Å². The first-order valence-corrected chi connectivity index (χ1v) is 12.3. The van der Waals surface area contributed by atoms with Gasteiger partial charge in [0.1, 0.15) is 0 Å². The van der Waals surface area contributed by atoms with Gasteiger partial charge in [-0.1, -0.05) is 36.1 Å². The normalized spacial score (nSPS) is 22.2. The number of hydrogen-bond donors (Lipinski definition) is 0. The van der Waals surface area contributed by atoms with Crippen LogP contribution >= 0.6 is 22.2 Å². The van der Waals surface area contributed by atoms with Crippen LogP contribution in [0.1, 0.15) is 64.2 Å². The molecule has 0 saturated carbocycles. The summed E-state index contributed by atoms with van der Waals surface area (Å²) in [5.74, 6) is 0. The first-order valence-electron chi connectivity index (χ1n) is 7.89. The summed E-state index contributed by atoms with van der Waals surface area (Å²) >= 11 is 13.5. The predicted molar refractivity (Wildman–Crippen MR) is 89.4 cm³/mol. The van der Waals surface area contributed by atoms with E-state index in [9.17, 15) is 0 Å². The molecule has 2 rings (SSSR count). The molecule has 0 aromatic heterocycles. The summed E-state index contributed by atoms with van der Waals surface area (Å²) < 4.78 is 0. The van der Waals surface area contributed by atoms with Gasteiger partial charge in [-0.05, 0) is 63.5 Å². The van der Waals surface area contributed by atoms with Crippen LogP contribution in [0.25, 0.3) is 0 Å². The van der Waals surface area contributed by atoms with E-state index in [1.54, 1.807) is 11.1 Å². The number of rotatable bonds is 4. The molecule has 0 fully saturated rings. The molecule has 0 unspecified atom stereocenters. The molecule has 108 valence electrons. The summed E-state index contributed by atoms with van der Waals surface area (Å²) in [4.78, 5) is 0. The van der Waals surface area contributed by atoms with Gasteiger partial charge < -0.3 is 0 Å². The van der Waals surface area contributed by atoms with Crippen LogP contribution in [0, 0.1) is 0 Å². The Morgan fingerprint density at radius 1 is 0.737 bits per heavy atom. The van der Waals surface area contributed by atoms with Gasteiger partial charge in [-0.25, -0.2) is 0 Å². The van der Waals surface area contributed by atoms with Crippen LogP contribution < -0.4 is 0 Å². The van der Waals surface area contributed by atoms with Crippen LogP contribution in [0.3, 0.4) is 0 Å². The van der Waals surface area contributed by atoms with Crippen molar-refractivity contribution in [2.45, 2.75) is 76.3 Å². The summed E-state index contributed by atoms with van der Waals surface area (Å²) in [6, 6.07) is 1.99. The van der Waals surface area contributed by atoms with Crippen molar-refractivity contribution in [3.63, 3.8) is 0 Å². The number of halogens is 2. The van der Waals surface area contributed by atoms with Gasteiger partial charge in [0, 0.05) is 0 Å². The van der Waals surface area contributed by atoms with Gasteiger partial charge in [-0.3, -0.25) is 0 Å². The van der Waals surface area contributed by atoms with Gasteiger partial charge in [0.05, 0.1) is 0 Å². The fraction of sp³-hybridized carbons (Fsp3) is 0.750. The lowest BCUT2D eigenvalue weighted by Gasteiger charge is -2.20. The summed E-state index contributed by atoms with van der Waals surface area (Å²) in [7, 11) is 0. The summed E-state index contributed by atoms with van der Waals surface area (Å²) in [5, 5.41) is 0. The standard InChI is InChI=1S/C16H26Cl2Si/c17-19(18,13-15-9-5-1-2-6-10-15)14-16-11-7-3-4-8-12-16/h9,11H,1-8,10,12-14H2. The molecule has 0 atom stereocenters. The van der Waals surface area contributed by atoms with Gasteiger partial charge in [0.25, 0.3) is 6.69 Å². The molecule has 0 amide bonds. The fourth-order valence-electron chi connectivity index (χ4n) is 3.21. The van der Waals surface area contributed by atoms with E-state index in [1.165, 1.54) is 64.2 Å². The molecule has 2 aliphatic rings. The molecule has 0 nitrogen and oxygen atoms in total. The highest BCUT2D eigenvalue weighted by Crippen LogP contribution is 2.37. The Kier molecular flexibility index (Phi) is 6.51. The van der Waals surface area contributed by atoms with Crippen molar-refractivity contribution in [1.82, 2.24) is 0 Å². The first kappa shape index (κ1) is 15.7. The average molecular weight is 317 g/mol. The van der Waals surface area contributed by atoms with Crippen molar-refractivity contribution < 1.29 is 0 Å². The van der Waals surface area contributed by atoms with Crippen LogP contribution in [0.2, 0.25) is 12.1 Å². The zero-order chi connectivity index (χ0) is 13.6. The zero-order valence-corrected chi connectivity index (χ0v) is 14.4. The summed E-state index contributed by atoms with van der Waals surface area (Å²) in [6.45, 7) is -2.12. The molecule has 0 aromatic rings. The highest BCUT2D eigenvalue weighted by Gasteiger charge is 2.31. The predicted octanol–water partition coefficient (Wildman–Crippen LogP) is 6.69. The molecular formula is C16H26Cl2Si. The van der Waals surface area contributed by atoms with Crippen LogP contribution in [0.5, 0.6) is 0 Å². The van der Waals surface area contributed by atoms with Crippen LogP contribution in [0.15, 0.2) is 23.3 Å². The third kappa shape index (κ3) is 6.06. The van der Waals surface area contributed by atoms with Crippen LogP contribution in [-0.2, 0) is 0 Å². The van der Waals surface area contributed by atoms with E-state index in [1.807, 2.05) is 0 Å². The van der Waals surface area contributed by atoms with Gasteiger partial charge in [-0.2, -0.15) is 0 Å². The molecule has 0 aliphatic heterocycles. The molecule has 2 aliphatic carbocycles. The Hall–Kier alpha value is 0.277. The highest BCUT2D eigenvalue weighted by molar-refractivity contribution is 7.45. The van der Waals surface area contributed by atoms with E-state index < -0.39 is 6.69 Å². The molecule has 0 spiro atoms. The molecule has 0 N–H and O–H groups in total. The van der Waals surface area contributed by atoms with E-state index in [4.69, 9.17) is 22.2 Å². The minimum absolute atomic E-state index is 0.994. The monoisotopic (exact) mass is 316 g/mol. The molecule has 0 radical (unpaired) electrons. The van der Waals surface area contributed by atoms with Crippen molar-refractivity contribution >= 4 is 28.9 Å². The average Bonchev–Trinajstić information content (AvgIpc) is 2.73. The Morgan fingerprint density at radius 3 is 1.68 bits per heavy atom. The van der Waals surface area contributed by atoms with Crippen molar-refractivity contribution in [1.29, 1.82) is 0 Å². The Bertz CT molecular complexity index is 313. The molecular weight excluding hydrogens is 291 g/mol. The maximum atomic E-state index is 6.73. The topological polar surface area (TPSA) is 0 Å². The lowest BCUT2D eigenvalue weighted by Crippen LogP contribution is -2.20. The lowest BCUT2D eigenvalue weighted by molar-refractivity contribution is 0.709. The number of allylic oxidation sites excluding steroid dienone is 4. The van der Waals surface area contributed by atoms with Crippen molar-refractivity contribution in [3.8, 4) is 0 Å². The van der Waals surface area contributed by atoms with Crippen molar-refractivity contribution in [2.24, 2.45) is 0 Å². The second kappa shape index (κ2) is 7.90. The molecule has 0 bridgehead atoms. The second-order valence-corrected chi connectivity index (χ2v) is 13.5. The summed E-state index contributed by atoms with van der Waals surface area (Å²) in [6.07, 6.45) is 17.8. The largest absolute Gasteiger partial charge is 0.259 e. The van der Waals surface area contributed by atoms with Crippen molar-refractivity contribution in [3.05, 3.63) is 23.3 Å². The third-order valence-corrected chi connectivity index (χ3v) is 7.79. The second-order valence-electron chi connectivity index (χ2n) is 6.13. The molecule has 3 heteroatoms. The first-order chi connectivity index (χ1) is 9.16. The van der Waals surface area contributed by atoms with E-state index in [0.717, 1.165) is 12.1 Å². The molecule has 0 heterocycles. The fourth-order valence-corrected chi connectivity index (χ4v) is 7.37. The Labute approximate surface area is 128 Å². The van der Waals surface area contributed by atoms with E-state index in [-0.39, 0.29) is 0 Å².